The highest BCUT2D eigenvalue weighted by Gasteiger charge is 2.26. The minimum atomic E-state index is -0.269. The van der Waals surface area contributed by atoms with E-state index in [0.29, 0.717) is 11.8 Å². The second-order valence-electron chi connectivity index (χ2n) is 6.82. The van der Waals surface area contributed by atoms with E-state index in [1.54, 1.807) is 0 Å². The largest absolute Gasteiger partial charge is 0.392 e. The molecule has 0 amide bonds. The molecular weight excluding hydrogens is 220 g/mol. The van der Waals surface area contributed by atoms with Crippen molar-refractivity contribution in [3.05, 3.63) is 35.4 Å². The molecule has 0 bridgehead atoms. The maximum Gasteiger partial charge on any atom is 0.0611 e. The molecule has 102 valence electrons. The molecule has 0 aromatic heterocycles. The van der Waals surface area contributed by atoms with Gasteiger partial charge in [0.2, 0.25) is 0 Å². The van der Waals surface area contributed by atoms with Gasteiger partial charge in [0, 0.05) is 0 Å². The summed E-state index contributed by atoms with van der Waals surface area (Å²) in [5.41, 5.74) is 2.73. The second-order valence-corrected chi connectivity index (χ2v) is 6.82. The minimum Gasteiger partial charge on any atom is -0.392 e. The molecule has 0 aliphatic carbocycles. The van der Waals surface area contributed by atoms with Gasteiger partial charge in [0.15, 0.2) is 0 Å². The quantitative estimate of drug-likeness (QED) is 0.837. The Morgan fingerprint density at radius 1 is 1.00 bits per heavy atom. The van der Waals surface area contributed by atoms with Crippen LogP contribution in [0.5, 0.6) is 0 Å². The fourth-order valence-electron chi connectivity index (χ4n) is 2.03. The highest BCUT2D eigenvalue weighted by molar-refractivity contribution is 5.25. The first-order chi connectivity index (χ1) is 8.21. The number of aliphatic hydroxyl groups is 1. The normalized spacial score (nSPS) is 15.8. The molecule has 0 radical (unpaired) electrons. The van der Waals surface area contributed by atoms with Gasteiger partial charge >= 0.3 is 0 Å². The molecule has 1 rings (SSSR count). The molecule has 1 N–H and O–H groups in total. The number of hydrogen-bond acceptors (Lipinski definition) is 1. The smallest absolute Gasteiger partial charge is 0.0611 e. The van der Waals surface area contributed by atoms with Crippen LogP contribution in [-0.4, -0.2) is 11.2 Å². The van der Waals surface area contributed by atoms with Crippen molar-refractivity contribution in [2.24, 2.45) is 11.3 Å². The fourth-order valence-corrected chi connectivity index (χ4v) is 2.03. The maximum absolute atomic E-state index is 10.3. The van der Waals surface area contributed by atoms with Crippen molar-refractivity contribution in [2.45, 2.75) is 60.0 Å². The second kappa shape index (κ2) is 5.88. The Labute approximate surface area is 112 Å². The summed E-state index contributed by atoms with van der Waals surface area (Å²) in [4.78, 5) is 0. The van der Waals surface area contributed by atoms with E-state index in [1.165, 1.54) is 11.1 Å². The van der Waals surface area contributed by atoms with Crippen molar-refractivity contribution >= 4 is 0 Å². The molecule has 1 heteroatoms. The standard InChI is InChI=1S/C17H28O/c1-12(2)15-9-7-14(8-10-15)11-16(18)13(3)17(4,5)6/h7-10,12-13,16,18H,11H2,1-6H3. The molecule has 2 unspecified atom stereocenters. The third-order valence-corrected chi connectivity index (χ3v) is 4.03. The lowest BCUT2D eigenvalue weighted by Gasteiger charge is -2.31. The topological polar surface area (TPSA) is 20.2 Å². The summed E-state index contributed by atoms with van der Waals surface area (Å²) in [7, 11) is 0. The first kappa shape index (κ1) is 15.2. The lowest BCUT2D eigenvalue weighted by molar-refractivity contribution is 0.0546. The van der Waals surface area contributed by atoms with Crippen LogP contribution in [0, 0.1) is 11.3 Å². The van der Waals surface area contributed by atoms with Crippen LogP contribution in [0.3, 0.4) is 0 Å². The van der Waals surface area contributed by atoms with Gasteiger partial charge in [0.05, 0.1) is 6.10 Å². The van der Waals surface area contributed by atoms with E-state index >= 15 is 0 Å². The molecule has 1 nitrogen and oxygen atoms in total. The average molecular weight is 248 g/mol. The molecule has 1 aromatic rings. The van der Waals surface area contributed by atoms with Crippen molar-refractivity contribution in [3.63, 3.8) is 0 Å². The van der Waals surface area contributed by atoms with Crippen molar-refractivity contribution in [3.8, 4) is 0 Å². The van der Waals surface area contributed by atoms with Crippen molar-refractivity contribution < 1.29 is 5.11 Å². The van der Waals surface area contributed by atoms with Crippen molar-refractivity contribution in [2.75, 3.05) is 0 Å². The van der Waals surface area contributed by atoms with Gasteiger partial charge < -0.3 is 5.11 Å². The van der Waals surface area contributed by atoms with Crippen LogP contribution in [0.15, 0.2) is 24.3 Å². The summed E-state index contributed by atoms with van der Waals surface area (Å²) < 4.78 is 0. The zero-order chi connectivity index (χ0) is 13.9. The molecule has 0 aliphatic rings. The van der Waals surface area contributed by atoms with Crippen LogP contribution in [0.4, 0.5) is 0 Å². The Balaban J connectivity index is 2.68. The Kier molecular flexibility index (Phi) is 4.98. The van der Waals surface area contributed by atoms with Gasteiger partial charge in [-0.2, -0.15) is 0 Å². The van der Waals surface area contributed by atoms with E-state index in [9.17, 15) is 5.11 Å². The van der Waals surface area contributed by atoms with Gasteiger partial charge in [0.1, 0.15) is 0 Å². The average Bonchev–Trinajstić information content (AvgIpc) is 2.27. The summed E-state index contributed by atoms with van der Waals surface area (Å²) in [6.07, 6.45) is 0.478. The Morgan fingerprint density at radius 2 is 1.50 bits per heavy atom. The summed E-state index contributed by atoms with van der Waals surface area (Å²) in [5.74, 6) is 0.861. The Hall–Kier alpha value is -0.820. The molecule has 1 aromatic carbocycles. The van der Waals surface area contributed by atoms with E-state index in [0.717, 1.165) is 6.42 Å². The summed E-state index contributed by atoms with van der Waals surface area (Å²) >= 11 is 0. The van der Waals surface area contributed by atoms with E-state index in [2.05, 4.69) is 65.8 Å². The van der Waals surface area contributed by atoms with Crippen LogP contribution in [0.2, 0.25) is 0 Å². The van der Waals surface area contributed by atoms with E-state index in [4.69, 9.17) is 0 Å². The predicted octanol–water partition coefficient (Wildman–Crippen LogP) is 4.40. The number of hydrogen-bond donors (Lipinski definition) is 1. The maximum atomic E-state index is 10.3. The van der Waals surface area contributed by atoms with Gasteiger partial charge in [-0.15, -0.1) is 0 Å². The Bertz CT molecular complexity index is 356. The molecule has 0 spiro atoms. The van der Waals surface area contributed by atoms with E-state index in [1.807, 2.05) is 0 Å². The molecule has 2 atom stereocenters. The van der Waals surface area contributed by atoms with Gasteiger partial charge in [-0.3, -0.25) is 0 Å². The first-order valence-corrected chi connectivity index (χ1v) is 6.98. The summed E-state index contributed by atoms with van der Waals surface area (Å²) in [6.45, 7) is 13.1. The number of rotatable bonds is 4. The number of aliphatic hydroxyl groups excluding tert-OH is 1. The van der Waals surface area contributed by atoms with Crippen LogP contribution in [0.25, 0.3) is 0 Å². The lowest BCUT2D eigenvalue weighted by Crippen LogP contribution is -2.31. The van der Waals surface area contributed by atoms with Gasteiger partial charge in [-0.25, -0.2) is 0 Å². The number of benzene rings is 1. The van der Waals surface area contributed by atoms with Crippen molar-refractivity contribution in [1.82, 2.24) is 0 Å². The molecule has 0 fully saturated rings. The zero-order valence-corrected chi connectivity index (χ0v) is 12.7. The van der Waals surface area contributed by atoms with Gasteiger partial charge in [-0.05, 0) is 34.8 Å². The molecule has 18 heavy (non-hydrogen) atoms. The highest BCUT2D eigenvalue weighted by Crippen LogP contribution is 2.29. The monoisotopic (exact) mass is 248 g/mol. The van der Waals surface area contributed by atoms with Crippen LogP contribution < -0.4 is 0 Å². The lowest BCUT2D eigenvalue weighted by atomic mass is 9.77. The van der Waals surface area contributed by atoms with Crippen LogP contribution in [0.1, 0.15) is 58.6 Å². The fraction of sp³-hybridized carbons (Fsp3) is 0.647. The summed E-state index contributed by atoms with van der Waals surface area (Å²) in [6, 6.07) is 8.64. The third kappa shape index (κ3) is 4.13. The third-order valence-electron chi connectivity index (χ3n) is 4.03. The molecular formula is C17H28O. The van der Waals surface area contributed by atoms with Gasteiger partial charge in [-0.1, -0.05) is 65.8 Å². The predicted molar refractivity (Wildman–Crippen MR) is 78.9 cm³/mol. The zero-order valence-electron chi connectivity index (χ0n) is 12.7. The summed E-state index contributed by atoms with van der Waals surface area (Å²) in [5, 5.41) is 10.3. The molecule has 0 saturated heterocycles. The highest BCUT2D eigenvalue weighted by atomic mass is 16.3. The molecule has 0 aliphatic heterocycles. The minimum absolute atomic E-state index is 0.150. The SMILES string of the molecule is CC(C)c1ccc(CC(O)C(C)C(C)(C)C)cc1. The van der Waals surface area contributed by atoms with Crippen LogP contribution in [-0.2, 0) is 6.42 Å². The van der Waals surface area contributed by atoms with E-state index in [-0.39, 0.29) is 11.5 Å². The van der Waals surface area contributed by atoms with Crippen LogP contribution >= 0.6 is 0 Å². The Morgan fingerprint density at radius 3 is 1.89 bits per heavy atom. The molecule has 0 saturated carbocycles. The molecule has 0 heterocycles. The van der Waals surface area contributed by atoms with Crippen molar-refractivity contribution in [1.29, 1.82) is 0 Å². The van der Waals surface area contributed by atoms with E-state index < -0.39 is 0 Å². The van der Waals surface area contributed by atoms with Gasteiger partial charge in [0.25, 0.3) is 0 Å². The first-order valence-electron chi connectivity index (χ1n) is 6.98.